The summed E-state index contributed by atoms with van der Waals surface area (Å²) in [7, 11) is 4.42. The van der Waals surface area contributed by atoms with E-state index in [-0.39, 0.29) is 17.9 Å². The van der Waals surface area contributed by atoms with Gasteiger partial charge in [0, 0.05) is 16.7 Å². The molecule has 1 amide bonds. The summed E-state index contributed by atoms with van der Waals surface area (Å²) in [6, 6.07) is 11.7. The molecule has 2 aromatic carbocycles. The third kappa shape index (κ3) is 4.13. The molecule has 0 atom stereocenters. The second-order valence-electron chi connectivity index (χ2n) is 6.23. The fourth-order valence-electron chi connectivity index (χ4n) is 3.01. The molecule has 0 saturated heterocycles. The van der Waals surface area contributed by atoms with E-state index >= 15 is 0 Å². The molecule has 3 rings (SSSR count). The monoisotopic (exact) mass is 410 g/mol. The van der Waals surface area contributed by atoms with Gasteiger partial charge in [0.15, 0.2) is 17.3 Å². The minimum atomic E-state index is -0.417. The summed E-state index contributed by atoms with van der Waals surface area (Å²) >= 11 is 0. The van der Waals surface area contributed by atoms with Gasteiger partial charge in [-0.1, -0.05) is 0 Å². The van der Waals surface area contributed by atoms with Crippen LogP contribution in [0.1, 0.15) is 15.9 Å². The number of hydrogen-bond acceptors (Lipinski definition) is 7. The van der Waals surface area contributed by atoms with Crippen LogP contribution in [0.3, 0.4) is 0 Å². The van der Waals surface area contributed by atoms with Crippen molar-refractivity contribution < 1.29 is 28.2 Å². The van der Waals surface area contributed by atoms with Gasteiger partial charge in [0.2, 0.25) is 11.7 Å². The number of nitrogens with two attached hydrogens (primary N) is 1. The SMILES string of the molecule is COc1cc(C(=O)c2cc(-c3ccco3)ccc2NC(=O)CN)cc(OC)c1OC. The molecule has 0 spiro atoms. The van der Waals surface area contributed by atoms with Gasteiger partial charge in [0.25, 0.3) is 0 Å². The van der Waals surface area contributed by atoms with E-state index in [2.05, 4.69) is 5.32 Å². The smallest absolute Gasteiger partial charge is 0.238 e. The molecule has 0 bridgehead atoms. The Labute approximate surface area is 173 Å². The summed E-state index contributed by atoms with van der Waals surface area (Å²) in [5.74, 6) is 0.878. The molecule has 1 heterocycles. The van der Waals surface area contributed by atoms with Crippen molar-refractivity contribution >= 4 is 17.4 Å². The fourth-order valence-corrected chi connectivity index (χ4v) is 3.01. The van der Waals surface area contributed by atoms with E-state index in [1.54, 1.807) is 48.7 Å². The maximum Gasteiger partial charge on any atom is 0.238 e. The minimum Gasteiger partial charge on any atom is -0.493 e. The number of carbonyl (C=O) groups is 2. The van der Waals surface area contributed by atoms with Gasteiger partial charge in [-0.05, 0) is 42.5 Å². The standard InChI is InChI=1S/C22H22N2O6/c1-27-18-10-14(11-19(28-2)22(18)29-3)21(26)15-9-13(17-5-4-8-30-17)6-7-16(15)24-20(25)12-23/h4-11H,12,23H2,1-3H3,(H,24,25). The minimum absolute atomic E-state index is 0.211. The molecule has 0 aliphatic rings. The Balaban J connectivity index is 2.13. The van der Waals surface area contributed by atoms with E-state index in [1.807, 2.05) is 0 Å². The van der Waals surface area contributed by atoms with Crippen molar-refractivity contribution in [2.75, 3.05) is 33.2 Å². The molecule has 0 aliphatic carbocycles. The lowest BCUT2D eigenvalue weighted by Crippen LogP contribution is -2.23. The largest absolute Gasteiger partial charge is 0.493 e. The van der Waals surface area contributed by atoms with Gasteiger partial charge in [-0.3, -0.25) is 9.59 Å². The Hall–Kier alpha value is -3.78. The summed E-state index contributed by atoms with van der Waals surface area (Å²) in [5.41, 5.74) is 6.99. The van der Waals surface area contributed by atoms with Gasteiger partial charge in [-0.25, -0.2) is 0 Å². The number of carbonyl (C=O) groups excluding carboxylic acids is 2. The number of ketones is 1. The number of amides is 1. The number of furan rings is 1. The molecule has 30 heavy (non-hydrogen) atoms. The first-order chi connectivity index (χ1) is 14.5. The molecule has 3 aromatic rings. The second-order valence-corrected chi connectivity index (χ2v) is 6.23. The van der Waals surface area contributed by atoms with Crippen molar-refractivity contribution in [3.63, 3.8) is 0 Å². The molecule has 3 N–H and O–H groups in total. The number of rotatable bonds is 8. The topological polar surface area (TPSA) is 113 Å². The third-order valence-corrected chi connectivity index (χ3v) is 4.46. The summed E-state index contributed by atoms with van der Waals surface area (Å²) in [6.07, 6.45) is 1.54. The van der Waals surface area contributed by atoms with Crippen molar-refractivity contribution in [1.29, 1.82) is 0 Å². The lowest BCUT2D eigenvalue weighted by molar-refractivity contribution is -0.114. The van der Waals surface area contributed by atoms with Crippen molar-refractivity contribution in [2.45, 2.75) is 0 Å². The molecular formula is C22H22N2O6. The van der Waals surface area contributed by atoms with Crippen LogP contribution in [0.2, 0.25) is 0 Å². The quantitative estimate of drug-likeness (QED) is 0.549. The zero-order chi connectivity index (χ0) is 21.7. The number of methoxy groups -OCH3 is 3. The molecule has 156 valence electrons. The molecule has 0 fully saturated rings. The van der Waals surface area contributed by atoms with E-state index in [4.69, 9.17) is 24.4 Å². The highest BCUT2D eigenvalue weighted by atomic mass is 16.5. The van der Waals surface area contributed by atoms with Crippen LogP contribution < -0.4 is 25.3 Å². The molecular weight excluding hydrogens is 388 g/mol. The first-order valence-corrected chi connectivity index (χ1v) is 9.05. The predicted octanol–water partition coefficient (Wildman–Crippen LogP) is 3.10. The average Bonchev–Trinajstić information content (AvgIpc) is 3.32. The Morgan fingerprint density at radius 1 is 1.00 bits per heavy atom. The van der Waals surface area contributed by atoms with E-state index in [1.165, 1.54) is 21.3 Å². The van der Waals surface area contributed by atoms with E-state index in [0.29, 0.717) is 39.8 Å². The summed E-state index contributed by atoms with van der Waals surface area (Å²) in [6.45, 7) is -0.211. The van der Waals surface area contributed by atoms with Crippen molar-refractivity contribution in [3.8, 4) is 28.6 Å². The molecule has 1 aromatic heterocycles. The van der Waals surface area contributed by atoms with Crippen LogP contribution in [0.25, 0.3) is 11.3 Å². The van der Waals surface area contributed by atoms with Gasteiger partial charge in [0.05, 0.1) is 39.8 Å². The molecule has 0 aliphatic heterocycles. The van der Waals surface area contributed by atoms with Crippen LogP contribution in [0, 0.1) is 0 Å². The normalized spacial score (nSPS) is 10.4. The Bertz CT molecular complexity index is 1030. The Kier molecular flexibility index (Phi) is 6.38. The third-order valence-electron chi connectivity index (χ3n) is 4.46. The number of benzene rings is 2. The lowest BCUT2D eigenvalue weighted by atomic mass is 9.97. The maximum absolute atomic E-state index is 13.4. The average molecular weight is 410 g/mol. The second kappa shape index (κ2) is 9.15. The van der Waals surface area contributed by atoms with Crippen LogP contribution in [0.4, 0.5) is 5.69 Å². The van der Waals surface area contributed by atoms with Gasteiger partial charge >= 0.3 is 0 Å². The van der Waals surface area contributed by atoms with Crippen LogP contribution in [-0.2, 0) is 4.79 Å². The first kappa shape index (κ1) is 20.9. The summed E-state index contributed by atoms with van der Waals surface area (Å²) in [4.78, 5) is 25.3. The Morgan fingerprint density at radius 3 is 2.23 bits per heavy atom. The molecule has 0 radical (unpaired) electrons. The van der Waals surface area contributed by atoms with E-state index < -0.39 is 5.91 Å². The zero-order valence-corrected chi connectivity index (χ0v) is 16.9. The summed E-state index contributed by atoms with van der Waals surface area (Å²) < 4.78 is 21.4. The first-order valence-electron chi connectivity index (χ1n) is 9.05. The van der Waals surface area contributed by atoms with Crippen molar-refractivity contribution in [1.82, 2.24) is 0 Å². The van der Waals surface area contributed by atoms with Crippen LogP contribution >= 0.6 is 0 Å². The van der Waals surface area contributed by atoms with Crippen molar-refractivity contribution in [2.24, 2.45) is 5.73 Å². The highest BCUT2D eigenvalue weighted by Gasteiger charge is 2.21. The zero-order valence-electron chi connectivity index (χ0n) is 16.9. The molecule has 0 saturated carbocycles. The molecule has 0 unspecified atom stereocenters. The van der Waals surface area contributed by atoms with Gasteiger partial charge in [-0.2, -0.15) is 0 Å². The Morgan fingerprint density at radius 2 is 1.70 bits per heavy atom. The molecule has 8 nitrogen and oxygen atoms in total. The maximum atomic E-state index is 13.4. The lowest BCUT2D eigenvalue weighted by Gasteiger charge is -2.15. The number of ether oxygens (including phenoxy) is 3. The van der Waals surface area contributed by atoms with Gasteiger partial charge in [0.1, 0.15) is 5.76 Å². The number of nitrogens with one attached hydrogen (secondary N) is 1. The highest BCUT2D eigenvalue weighted by Crippen LogP contribution is 2.39. The van der Waals surface area contributed by atoms with Gasteiger partial charge < -0.3 is 29.7 Å². The highest BCUT2D eigenvalue weighted by molar-refractivity contribution is 6.15. The van der Waals surface area contributed by atoms with E-state index in [9.17, 15) is 9.59 Å². The number of anilines is 1. The fraction of sp³-hybridized carbons (Fsp3) is 0.182. The van der Waals surface area contributed by atoms with Crippen LogP contribution in [-0.4, -0.2) is 39.6 Å². The molecule has 8 heteroatoms. The van der Waals surface area contributed by atoms with E-state index in [0.717, 1.165) is 0 Å². The van der Waals surface area contributed by atoms with Crippen LogP contribution in [0.15, 0.2) is 53.1 Å². The van der Waals surface area contributed by atoms with Gasteiger partial charge in [-0.15, -0.1) is 0 Å². The van der Waals surface area contributed by atoms with Crippen molar-refractivity contribution in [3.05, 3.63) is 59.9 Å². The van der Waals surface area contributed by atoms with Crippen LogP contribution in [0.5, 0.6) is 17.2 Å². The predicted molar refractivity (Wildman–Crippen MR) is 111 cm³/mol. The summed E-state index contributed by atoms with van der Waals surface area (Å²) in [5, 5.41) is 2.66. The number of hydrogen-bond donors (Lipinski definition) is 2.